The summed E-state index contributed by atoms with van der Waals surface area (Å²) in [4.78, 5) is 0. The molecule has 4 heterocycles. The second-order valence-electron chi connectivity index (χ2n) is 29.4. The molecule has 19 aromatic carbocycles. The van der Waals surface area contributed by atoms with Gasteiger partial charge in [0.15, 0.2) is 0 Å². The van der Waals surface area contributed by atoms with Crippen molar-refractivity contribution in [3.63, 3.8) is 0 Å². The van der Waals surface area contributed by atoms with Gasteiger partial charge in [0.1, 0.15) is 0 Å². The van der Waals surface area contributed by atoms with E-state index in [9.17, 15) is 0 Å². The van der Waals surface area contributed by atoms with Crippen molar-refractivity contribution in [1.29, 1.82) is 0 Å². The molecule has 0 aliphatic rings. The first-order valence-electron chi connectivity index (χ1n) is 39.7. The lowest BCUT2D eigenvalue weighted by Crippen LogP contribution is -1.93. The van der Waals surface area contributed by atoms with Crippen LogP contribution in [-0.4, -0.2) is 0 Å². The third kappa shape index (κ3) is 15.6. The summed E-state index contributed by atoms with van der Waals surface area (Å²) in [5.41, 5.74) is 21.2. The summed E-state index contributed by atoms with van der Waals surface area (Å²) < 4.78 is 10.6. The number of rotatable bonds is 13. The average Bonchev–Trinajstić information content (AvgIpc) is 1.61. The molecule has 0 aliphatic heterocycles. The van der Waals surface area contributed by atoms with Gasteiger partial charge in [0, 0.05) is 126 Å². The van der Waals surface area contributed by atoms with Crippen LogP contribution in [0.3, 0.4) is 0 Å². The number of anilines is 8. The van der Waals surface area contributed by atoms with Gasteiger partial charge in [-0.1, -0.05) is 285 Å². The van der Waals surface area contributed by atoms with E-state index in [1.807, 2.05) is 51.4 Å². The van der Waals surface area contributed by atoms with E-state index in [-0.39, 0.29) is 0 Å². The van der Waals surface area contributed by atoms with Crippen molar-refractivity contribution in [3.8, 4) is 55.6 Å². The molecular weight excluding hydrogens is 1510 g/mol. The van der Waals surface area contributed by atoms with Crippen LogP contribution in [0, 0.1) is 0 Å². The highest BCUT2D eigenvalue weighted by Crippen LogP contribution is 2.44. The van der Waals surface area contributed by atoms with Gasteiger partial charge in [0.25, 0.3) is 0 Å². The van der Waals surface area contributed by atoms with Crippen LogP contribution in [0.4, 0.5) is 45.5 Å². The number of thiophene rings is 4. The predicted octanol–water partition coefficient (Wildman–Crippen LogP) is 33.8. The molecule has 0 unspecified atom stereocenters. The Morgan fingerprint density at radius 1 is 0.144 bits per heavy atom. The van der Waals surface area contributed by atoms with Gasteiger partial charge in [-0.2, -0.15) is 0 Å². The number of nitrogens with one attached hydrogen (secondary N) is 4. The number of benzene rings is 19. The Kier molecular flexibility index (Phi) is 20.3. The quantitative estimate of drug-likeness (QED) is 0.0929. The van der Waals surface area contributed by atoms with Crippen molar-refractivity contribution in [1.82, 2.24) is 0 Å². The van der Waals surface area contributed by atoms with Crippen LogP contribution < -0.4 is 21.3 Å². The van der Waals surface area contributed by atoms with Crippen molar-refractivity contribution in [2.24, 2.45) is 0 Å². The number of hydrogen-bond acceptors (Lipinski definition) is 8. The Morgan fingerprint density at radius 2 is 0.483 bits per heavy atom. The molecule has 0 bridgehead atoms. The Bertz CT molecular complexity index is 7490. The van der Waals surface area contributed by atoms with Gasteiger partial charge in [-0.05, 0) is 229 Å². The number of hydrogen-bond donors (Lipinski definition) is 4. The Balaban J connectivity index is 0.000000101. The van der Waals surface area contributed by atoms with Crippen LogP contribution in [-0.2, 0) is 0 Å². The summed E-state index contributed by atoms with van der Waals surface area (Å²) >= 11 is 7.39. The van der Waals surface area contributed by atoms with Crippen molar-refractivity contribution < 1.29 is 0 Å². The lowest BCUT2D eigenvalue weighted by Gasteiger charge is -2.14. The fourth-order valence-electron chi connectivity index (χ4n) is 16.0. The molecule has 4 aromatic heterocycles. The van der Waals surface area contributed by atoms with E-state index in [1.165, 1.54) is 158 Å². The predicted molar refractivity (Wildman–Crippen MR) is 518 cm³/mol. The largest absolute Gasteiger partial charge is 0.356 e. The normalized spacial score (nSPS) is 11.2. The third-order valence-electron chi connectivity index (χ3n) is 21.7. The molecule has 4 N–H and O–H groups in total. The van der Waals surface area contributed by atoms with Crippen molar-refractivity contribution in [2.75, 3.05) is 21.3 Å². The molecule has 0 atom stereocenters. The van der Waals surface area contributed by atoms with E-state index >= 15 is 0 Å². The van der Waals surface area contributed by atoms with Crippen LogP contribution in [0.2, 0.25) is 0 Å². The lowest BCUT2D eigenvalue weighted by atomic mass is 9.98. The topological polar surface area (TPSA) is 48.1 Å². The summed E-state index contributed by atoms with van der Waals surface area (Å²) in [5, 5.41) is 30.0. The van der Waals surface area contributed by atoms with Crippen LogP contribution in [0.15, 0.2) is 437 Å². The molecule has 4 nitrogen and oxygen atoms in total. The minimum atomic E-state index is 1.09. The molecular formula is C110H76N4S4. The summed E-state index contributed by atoms with van der Waals surface area (Å²) in [5.74, 6) is 0. The minimum Gasteiger partial charge on any atom is -0.356 e. The Morgan fingerprint density at radius 3 is 1.03 bits per heavy atom. The Hall–Kier alpha value is -14.2. The zero-order valence-electron chi connectivity index (χ0n) is 64.2. The molecule has 0 saturated heterocycles. The zero-order chi connectivity index (χ0) is 78.5. The van der Waals surface area contributed by atoms with Gasteiger partial charge in [-0.15, -0.1) is 45.3 Å². The van der Waals surface area contributed by atoms with Crippen molar-refractivity contribution in [2.45, 2.75) is 0 Å². The fraction of sp³-hybridized carbons (Fsp3) is 0. The highest BCUT2D eigenvalue weighted by molar-refractivity contribution is 7.27. The Labute approximate surface area is 701 Å². The summed E-state index contributed by atoms with van der Waals surface area (Å²) in [6.07, 6.45) is 0. The monoisotopic (exact) mass is 1580 g/mol. The maximum Gasteiger partial charge on any atom is 0.0478 e. The second-order valence-corrected chi connectivity index (χ2v) is 33.8. The molecule has 0 spiro atoms. The summed E-state index contributed by atoms with van der Waals surface area (Å²) in [6.45, 7) is 0. The molecule has 8 heteroatoms. The van der Waals surface area contributed by atoms with Crippen LogP contribution in [0.25, 0.3) is 158 Å². The first-order valence-corrected chi connectivity index (χ1v) is 43.0. The van der Waals surface area contributed by atoms with Crippen LogP contribution >= 0.6 is 45.3 Å². The van der Waals surface area contributed by atoms with Gasteiger partial charge < -0.3 is 21.3 Å². The van der Waals surface area contributed by atoms with E-state index in [2.05, 4.69) is 452 Å². The maximum absolute atomic E-state index is 3.75. The van der Waals surface area contributed by atoms with Crippen molar-refractivity contribution in [3.05, 3.63) is 437 Å². The highest BCUT2D eigenvalue weighted by atomic mass is 32.1. The van der Waals surface area contributed by atoms with Crippen LogP contribution in [0.1, 0.15) is 0 Å². The second kappa shape index (κ2) is 32.9. The molecule has 560 valence electrons. The fourth-order valence-corrected chi connectivity index (χ4v) is 20.4. The molecule has 0 fully saturated rings. The standard InChI is InChI=1S/C30H21NS.2C28H19NS.C24H17NS/c1-3-10-21(11-4-1)23-18-24(22-12-5-2-6-13-22)20-25(19-23)31-27-15-9-17-29-30(27)26-14-7-8-16-28(26)32-29;1-2-8-23-19(6-1)7-5-10-24(23)20-12-14-21(15-13-20)29-22-16-17-28-26(18-22)25-9-3-4-11-27(25)30-28;1-2-6-19(7-3-1)20-10-11-22-17-23(13-12-21(22)16-20)29-24-14-15-28-26(18-24)25-8-4-5-9-27(25)30-28;1-2-7-17(8-3-1)18-9-6-10-19(15-18)25-20-13-14-24-22(16-20)21-11-4-5-12-23(21)26-24/h1-20,31H;2*1-18,29H;1-16,25H. The first kappa shape index (κ1) is 72.7. The van der Waals surface area contributed by atoms with Gasteiger partial charge in [-0.25, -0.2) is 0 Å². The average molecular weight is 1580 g/mol. The maximum atomic E-state index is 3.75. The highest BCUT2D eigenvalue weighted by Gasteiger charge is 2.15. The van der Waals surface area contributed by atoms with E-state index in [0.717, 1.165) is 45.5 Å². The third-order valence-corrected chi connectivity index (χ3v) is 26.3. The SMILES string of the molecule is c1ccc(-c2cc(Nc3cccc4sc5ccccc5c34)cc(-c3ccccc3)c2)cc1.c1ccc(-c2ccc3cc(Nc4ccc5sc6ccccc6c5c4)ccc3c2)cc1.c1ccc(-c2cccc(Nc3ccc4sc5ccccc5c4c3)c2)cc1.c1ccc2c(-c3ccc(Nc4ccc5sc6ccccc6c5c4)cc3)cccc2c1. The van der Waals surface area contributed by atoms with E-state index in [0.29, 0.717) is 0 Å². The van der Waals surface area contributed by atoms with E-state index in [1.54, 1.807) is 0 Å². The van der Waals surface area contributed by atoms with Crippen molar-refractivity contribution >= 4 is 193 Å². The van der Waals surface area contributed by atoms with Gasteiger partial charge in [-0.3, -0.25) is 0 Å². The molecule has 0 amide bonds. The zero-order valence-corrected chi connectivity index (χ0v) is 67.5. The smallest absolute Gasteiger partial charge is 0.0478 e. The first-order chi connectivity index (χ1) is 58.4. The molecule has 23 rings (SSSR count). The van der Waals surface area contributed by atoms with Gasteiger partial charge in [0.2, 0.25) is 0 Å². The number of fused-ring (bicyclic) bond motifs is 14. The summed E-state index contributed by atoms with van der Waals surface area (Å²) in [7, 11) is 0. The molecule has 0 aliphatic carbocycles. The lowest BCUT2D eigenvalue weighted by molar-refractivity contribution is 1.55. The van der Waals surface area contributed by atoms with Gasteiger partial charge in [0.05, 0.1) is 0 Å². The van der Waals surface area contributed by atoms with E-state index < -0.39 is 0 Å². The van der Waals surface area contributed by atoms with E-state index in [4.69, 9.17) is 0 Å². The minimum absolute atomic E-state index is 1.09. The molecule has 23 aromatic rings. The summed E-state index contributed by atoms with van der Waals surface area (Å²) in [6, 6.07) is 155. The molecule has 0 saturated carbocycles. The molecule has 118 heavy (non-hydrogen) atoms. The molecule has 0 radical (unpaired) electrons. The van der Waals surface area contributed by atoms with Crippen LogP contribution in [0.5, 0.6) is 0 Å². The van der Waals surface area contributed by atoms with Gasteiger partial charge >= 0.3 is 0 Å².